The highest BCUT2D eigenvalue weighted by molar-refractivity contribution is 5.86. The minimum atomic E-state index is -2.91. The maximum absolute atomic E-state index is 13.7. The molecule has 0 aliphatic carbocycles. The molecule has 1 fully saturated rings. The maximum atomic E-state index is 13.7. The highest BCUT2D eigenvalue weighted by atomic mass is 19.3. The summed E-state index contributed by atoms with van der Waals surface area (Å²) in [6, 6.07) is 3.37. The second-order valence-corrected chi connectivity index (χ2v) is 12.6. The minimum absolute atomic E-state index is 0.203. The van der Waals surface area contributed by atoms with E-state index in [1.54, 1.807) is 18.3 Å². The van der Waals surface area contributed by atoms with Crippen molar-refractivity contribution in [3.63, 3.8) is 0 Å². The Kier molecular flexibility index (Phi) is 9.81. The molecule has 0 aromatic carbocycles. The van der Waals surface area contributed by atoms with Gasteiger partial charge in [0.15, 0.2) is 12.7 Å². The van der Waals surface area contributed by atoms with E-state index in [2.05, 4.69) is 28.7 Å². The number of hydrogen-bond acceptors (Lipinski definition) is 7. The molecule has 7 nitrogen and oxygen atoms in total. The third kappa shape index (κ3) is 8.35. The number of rotatable bonds is 10. The van der Waals surface area contributed by atoms with Gasteiger partial charge in [-0.1, -0.05) is 20.8 Å². The molecule has 40 heavy (non-hydrogen) atoms. The number of alkyl halides is 2. The van der Waals surface area contributed by atoms with Gasteiger partial charge >= 0.3 is 5.97 Å². The number of aromatic nitrogens is 2. The van der Waals surface area contributed by atoms with E-state index in [-0.39, 0.29) is 23.7 Å². The maximum Gasteiger partial charge on any atom is 0.340 e. The number of ether oxygens (including phenoxy) is 3. The van der Waals surface area contributed by atoms with E-state index in [4.69, 9.17) is 14.2 Å². The average molecular weight is 562 g/mol. The van der Waals surface area contributed by atoms with E-state index in [0.29, 0.717) is 17.0 Å². The number of halogens is 2. The van der Waals surface area contributed by atoms with Crippen LogP contribution in [0.25, 0.3) is 11.3 Å². The lowest BCUT2D eigenvalue weighted by Gasteiger charge is -2.41. The van der Waals surface area contributed by atoms with Crippen LogP contribution in [0.3, 0.4) is 0 Å². The average Bonchev–Trinajstić information content (AvgIpc) is 2.86. The van der Waals surface area contributed by atoms with Crippen LogP contribution in [-0.4, -0.2) is 53.3 Å². The van der Waals surface area contributed by atoms with Gasteiger partial charge in [-0.3, -0.25) is 9.97 Å². The Bertz CT molecular complexity index is 1150. The zero-order valence-electron chi connectivity index (χ0n) is 25.4. The first-order chi connectivity index (χ1) is 18.5. The van der Waals surface area contributed by atoms with Crippen molar-refractivity contribution in [1.82, 2.24) is 9.97 Å². The molecule has 1 aliphatic heterocycles. The quantitative estimate of drug-likeness (QED) is 0.282. The molecule has 0 N–H and O–H groups in total. The molecular weight excluding hydrogens is 516 g/mol. The van der Waals surface area contributed by atoms with Crippen molar-refractivity contribution in [2.75, 3.05) is 24.6 Å². The number of carbonyl (C=O) groups is 1. The molecule has 1 saturated heterocycles. The second kappa shape index (κ2) is 12.4. The molecule has 2 aromatic rings. The van der Waals surface area contributed by atoms with Gasteiger partial charge in [0.1, 0.15) is 5.75 Å². The number of aryl methyl sites for hydroxylation is 1. The topological polar surface area (TPSA) is 73.8 Å². The zero-order valence-corrected chi connectivity index (χ0v) is 25.4. The molecule has 9 heteroatoms. The van der Waals surface area contributed by atoms with E-state index in [0.717, 1.165) is 37.2 Å². The summed E-state index contributed by atoms with van der Waals surface area (Å²) in [6.07, 6.45) is 3.52. The normalized spacial score (nSPS) is 16.6. The van der Waals surface area contributed by atoms with Crippen LogP contribution in [0.2, 0.25) is 0 Å². The van der Waals surface area contributed by atoms with Crippen molar-refractivity contribution in [1.29, 1.82) is 0 Å². The van der Waals surface area contributed by atoms with Crippen LogP contribution < -0.4 is 9.64 Å². The zero-order chi connectivity index (χ0) is 29.9. The van der Waals surface area contributed by atoms with Gasteiger partial charge in [0, 0.05) is 42.5 Å². The number of piperidine rings is 1. The van der Waals surface area contributed by atoms with Crippen LogP contribution in [0.4, 0.5) is 14.5 Å². The molecule has 2 aromatic heterocycles. The molecule has 0 bridgehead atoms. The van der Waals surface area contributed by atoms with E-state index < -0.39 is 30.2 Å². The Labute approximate surface area is 237 Å². The monoisotopic (exact) mass is 561 g/mol. The number of anilines is 1. The third-order valence-corrected chi connectivity index (χ3v) is 7.00. The molecule has 0 saturated carbocycles. The van der Waals surface area contributed by atoms with E-state index in [1.807, 2.05) is 41.5 Å². The Hall–Kier alpha value is -2.81. The van der Waals surface area contributed by atoms with Crippen LogP contribution in [0.15, 0.2) is 24.5 Å². The number of pyridine rings is 2. The molecule has 0 amide bonds. The van der Waals surface area contributed by atoms with E-state index in [9.17, 15) is 13.6 Å². The summed E-state index contributed by atoms with van der Waals surface area (Å²) in [5.41, 5.74) is 3.04. The Morgan fingerprint density at radius 1 is 1.10 bits per heavy atom. The van der Waals surface area contributed by atoms with Crippen LogP contribution in [-0.2, 0) is 14.3 Å². The number of carbonyl (C=O) groups excluding carboxylic acids is 1. The Morgan fingerprint density at radius 3 is 2.27 bits per heavy atom. The van der Waals surface area contributed by atoms with Crippen molar-refractivity contribution >= 4 is 11.7 Å². The van der Waals surface area contributed by atoms with E-state index in [1.165, 1.54) is 13.1 Å². The fourth-order valence-corrected chi connectivity index (χ4v) is 4.57. The summed E-state index contributed by atoms with van der Waals surface area (Å²) in [4.78, 5) is 25.0. The highest BCUT2D eigenvalue weighted by Crippen LogP contribution is 2.43. The summed E-state index contributed by atoms with van der Waals surface area (Å²) in [5.74, 6) is -3.12. The SMILES string of the molecule is CCC(F)(F)COc1ccc(-c2cnc(C)c([C@H](OC(C)(C)C)C(=O)OC(C)C)c2N2CCC(C)(C)CC2)nc1. The second-order valence-electron chi connectivity index (χ2n) is 12.6. The lowest BCUT2D eigenvalue weighted by molar-refractivity contribution is -0.171. The summed E-state index contributed by atoms with van der Waals surface area (Å²) in [6.45, 7) is 18.0. The molecule has 0 radical (unpaired) electrons. The number of nitrogens with zero attached hydrogens (tertiary/aromatic N) is 3. The first-order valence-electron chi connectivity index (χ1n) is 14.1. The molecular formula is C31H45F2N3O4. The highest BCUT2D eigenvalue weighted by Gasteiger charge is 2.37. The van der Waals surface area contributed by atoms with Gasteiger partial charge < -0.3 is 19.1 Å². The molecule has 1 atom stereocenters. The predicted octanol–water partition coefficient (Wildman–Crippen LogP) is 7.31. The fourth-order valence-electron chi connectivity index (χ4n) is 4.57. The van der Waals surface area contributed by atoms with Crippen LogP contribution in [0.5, 0.6) is 5.75 Å². The Morgan fingerprint density at radius 2 is 1.75 bits per heavy atom. The largest absolute Gasteiger partial charge is 0.486 e. The van der Waals surface area contributed by atoms with Crippen molar-refractivity contribution < 1.29 is 27.8 Å². The standard InChI is InChI=1S/C31H45F2N3O4/c1-10-31(32,33)19-38-22-11-12-24(35-17-22)23-18-34-21(4)25(26(23)36-15-13-30(8,9)14-16-36)27(40-29(5,6)7)28(37)39-20(2)3/h11-12,17-18,20,27H,10,13-16,19H2,1-9H3/t27-/m0/s1. The van der Waals surface area contributed by atoms with Crippen LogP contribution in [0, 0.1) is 12.3 Å². The van der Waals surface area contributed by atoms with Gasteiger partial charge in [-0.2, -0.15) is 0 Å². The van der Waals surface area contributed by atoms with Gasteiger partial charge in [-0.15, -0.1) is 0 Å². The minimum Gasteiger partial charge on any atom is -0.486 e. The molecule has 1 aliphatic rings. The van der Waals surface area contributed by atoms with Crippen molar-refractivity contribution in [3.05, 3.63) is 35.8 Å². The summed E-state index contributed by atoms with van der Waals surface area (Å²) in [5, 5.41) is 0. The summed E-state index contributed by atoms with van der Waals surface area (Å²) in [7, 11) is 0. The molecule has 222 valence electrons. The third-order valence-electron chi connectivity index (χ3n) is 7.00. The van der Waals surface area contributed by atoms with Gasteiger partial charge in [0.2, 0.25) is 0 Å². The predicted molar refractivity (Wildman–Crippen MR) is 153 cm³/mol. The van der Waals surface area contributed by atoms with Crippen molar-refractivity contribution in [2.24, 2.45) is 5.41 Å². The molecule has 0 unspecified atom stereocenters. The van der Waals surface area contributed by atoms with Gasteiger partial charge in [-0.25, -0.2) is 13.6 Å². The van der Waals surface area contributed by atoms with Crippen molar-refractivity contribution in [2.45, 2.75) is 105 Å². The first kappa shape index (κ1) is 31.7. The molecule has 3 rings (SSSR count). The summed E-state index contributed by atoms with van der Waals surface area (Å²) >= 11 is 0. The lowest BCUT2D eigenvalue weighted by atomic mass is 9.82. The molecule has 0 spiro atoms. The van der Waals surface area contributed by atoms with Crippen LogP contribution >= 0.6 is 0 Å². The van der Waals surface area contributed by atoms with Crippen LogP contribution in [0.1, 0.15) is 92.0 Å². The first-order valence-corrected chi connectivity index (χ1v) is 14.1. The summed E-state index contributed by atoms with van der Waals surface area (Å²) < 4.78 is 44.8. The molecule has 3 heterocycles. The smallest absolute Gasteiger partial charge is 0.340 e. The number of esters is 1. The fraction of sp³-hybridized carbons (Fsp3) is 0.645. The lowest BCUT2D eigenvalue weighted by Crippen LogP contribution is -2.39. The number of hydrogen-bond donors (Lipinski definition) is 0. The van der Waals surface area contributed by atoms with Gasteiger partial charge in [0.25, 0.3) is 5.92 Å². The van der Waals surface area contributed by atoms with Crippen molar-refractivity contribution in [3.8, 4) is 17.0 Å². The van der Waals surface area contributed by atoms with Gasteiger partial charge in [0.05, 0.1) is 29.3 Å². The van der Waals surface area contributed by atoms with Gasteiger partial charge in [-0.05, 0) is 71.9 Å². The Balaban J connectivity index is 2.14. The van der Waals surface area contributed by atoms with E-state index >= 15 is 0 Å².